The lowest BCUT2D eigenvalue weighted by Crippen LogP contribution is -2.12. The van der Waals surface area contributed by atoms with Crippen molar-refractivity contribution < 1.29 is 14.2 Å². The van der Waals surface area contributed by atoms with Gasteiger partial charge >= 0.3 is 0 Å². The van der Waals surface area contributed by atoms with Crippen LogP contribution in [0.15, 0.2) is 0 Å². The third-order valence-corrected chi connectivity index (χ3v) is 1.54. The Morgan fingerprint density at radius 1 is 1.60 bits per heavy atom. The van der Waals surface area contributed by atoms with Crippen molar-refractivity contribution in [1.29, 1.82) is 0 Å². The van der Waals surface area contributed by atoms with Crippen molar-refractivity contribution in [2.24, 2.45) is 0 Å². The van der Waals surface area contributed by atoms with Crippen molar-refractivity contribution >= 4 is 0 Å². The summed E-state index contributed by atoms with van der Waals surface area (Å²) in [5, 5.41) is 0. The van der Waals surface area contributed by atoms with Crippen molar-refractivity contribution in [3.05, 3.63) is 0 Å². The fourth-order valence-corrected chi connectivity index (χ4v) is 0.993. The summed E-state index contributed by atoms with van der Waals surface area (Å²) in [6, 6.07) is 0. The topological polar surface area (TPSA) is 27.7 Å². The predicted molar refractivity (Wildman–Crippen MR) is 36.8 cm³/mol. The molecule has 3 nitrogen and oxygen atoms in total. The van der Waals surface area contributed by atoms with Gasteiger partial charge in [-0.1, -0.05) is 0 Å². The second kappa shape index (κ2) is 3.91. The van der Waals surface area contributed by atoms with E-state index in [1.807, 2.05) is 6.92 Å². The molecule has 1 rings (SSSR count). The molecule has 0 spiro atoms. The van der Waals surface area contributed by atoms with Gasteiger partial charge in [0.2, 0.25) is 0 Å². The Bertz CT molecular complexity index is 94.9. The highest BCUT2D eigenvalue weighted by Gasteiger charge is 2.21. The fraction of sp³-hybridized carbons (Fsp3) is 1.00. The van der Waals surface area contributed by atoms with Crippen LogP contribution >= 0.6 is 0 Å². The first-order valence-corrected chi connectivity index (χ1v) is 3.59. The summed E-state index contributed by atoms with van der Waals surface area (Å²) in [6.45, 7) is 3.37. The highest BCUT2D eigenvalue weighted by molar-refractivity contribution is 4.62. The van der Waals surface area contributed by atoms with Crippen molar-refractivity contribution in [2.75, 3.05) is 20.3 Å². The first-order chi connectivity index (χ1) is 4.83. The van der Waals surface area contributed by atoms with Gasteiger partial charge in [0.05, 0.1) is 12.7 Å². The molecule has 1 aliphatic rings. The van der Waals surface area contributed by atoms with Crippen LogP contribution in [0.5, 0.6) is 0 Å². The smallest absolute Gasteiger partial charge is 0.155 e. The van der Waals surface area contributed by atoms with E-state index in [9.17, 15) is 0 Å². The fourth-order valence-electron chi connectivity index (χ4n) is 0.993. The zero-order chi connectivity index (χ0) is 7.40. The number of methoxy groups -OCH3 is 1. The van der Waals surface area contributed by atoms with E-state index < -0.39 is 0 Å². The molecule has 0 aromatic carbocycles. The quantitative estimate of drug-likeness (QED) is 0.589. The van der Waals surface area contributed by atoms with E-state index in [0.29, 0.717) is 6.61 Å². The molecule has 0 bridgehead atoms. The van der Waals surface area contributed by atoms with Gasteiger partial charge in [0, 0.05) is 13.7 Å². The molecule has 0 aromatic rings. The lowest BCUT2D eigenvalue weighted by atomic mass is 10.3. The van der Waals surface area contributed by atoms with E-state index in [1.165, 1.54) is 0 Å². The second-order valence-electron chi connectivity index (χ2n) is 2.44. The summed E-state index contributed by atoms with van der Waals surface area (Å²) in [6.07, 6.45) is 1.15. The number of hydrogen-bond acceptors (Lipinski definition) is 3. The van der Waals surface area contributed by atoms with Crippen LogP contribution in [0, 0.1) is 0 Å². The van der Waals surface area contributed by atoms with Crippen LogP contribution in [-0.2, 0) is 14.2 Å². The third kappa shape index (κ3) is 2.25. The van der Waals surface area contributed by atoms with Crippen LogP contribution in [0.1, 0.15) is 13.3 Å². The first kappa shape index (κ1) is 7.98. The summed E-state index contributed by atoms with van der Waals surface area (Å²) < 4.78 is 15.4. The molecule has 1 heterocycles. The molecule has 10 heavy (non-hydrogen) atoms. The molecule has 0 radical (unpaired) electrons. The Hall–Kier alpha value is -0.120. The summed E-state index contributed by atoms with van der Waals surface area (Å²) in [5.41, 5.74) is 0. The Balaban J connectivity index is 2.06. The van der Waals surface area contributed by atoms with Crippen LogP contribution in [0.2, 0.25) is 0 Å². The summed E-state index contributed by atoms with van der Waals surface area (Å²) in [4.78, 5) is 0. The molecule has 2 unspecified atom stereocenters. The van der Waals surface area contributed by atoms with Gasteiger partial charge in [0.15, 0.2) is 6.29 Å². The van der Waals surface area contributed by atoms with Gasteiger partial charge in [-0.15, -0.1) is 0 Å². The number of ether oxygens (including phenoxy) is 3. The predicted octanol–water partition coefficient (Wildman–Crippen LogP) is 0.784. The Kier molecular flexibility index (Phi) is 3.12. The maximum Gasteiger partial charge on any atom is 0.155 e. The van der Waals surface area contributed by atoms with Crippen molar-refractivity contribution in [3.8, 4) is 0 Å². The number of rotatable bonds is 3. The second-order valence-corrected chi connectivity index (χ2v) is 2.44. The summed E-state index contributed by atoms with van der Waals surface area (Å²) >= 11 is 0. The average molecular weight is 146 g/mol. The average Bonchev–Trinajstić information content (AvgIpc) is 2.31. The summed E-state index contributed by atoms with van der Waals surface area (Å²) in [5.74, 6) is 0. The normalized spacial score (nSPS) is 33.0. The van der Waals surface area contributed by atoms with E-state index in [0.717, 1.165) is 13.0 Å². The minimum Gasteiger partial charge on any atom is -0.385 e. The van der Waals surface area contributed by atoms with E-state index in [1.54, 1.807) is 7.11 Å². The monoisotopic (exact) mass is 146 g/mol. The molecule has 0 N–H and O–H groups in total. The highest BCUT2D eigenvalue weighted by Crippen LogP contribution is 2.12. The lowest BCUT2D eigenvalue weighted by Gasteiger charge is -2.06. The highest BCUT2D eigenvalue weighted by atomic mass is 16.7. The molecule has 0 saturated carbocycles. The molecular formula is C7H14O3. The molecule has 60 valence electrons. The molecule has 0 aliphatic carbocycles. The van der Waals surface area contributed by atoms with Gasteiger partial charge in [-0.25, -0.2) is 0 Å². The zero-order valence-electron chi connectivity index (χ0n) is 6.50. The Morgan fingerprint density at radius 2 is 2.40 bits per heavy atom. The third-order valence-electron chi connectivity index (χ3n) is 1.54. The van der Waals surface area contributed by atoms with Crippen molar-refractivity contribution in [3.63, 3.8) is 0 Å². The van der Waals surface area contributed by atoms with E-state index in [4.69, 9.17) is 14.2 Å². The maximum absolute atomic E-state index is 5.36. The molecular weight excluding hydrogens is 132 g/mol. The number of hydrogen-bond donors (Lipinski definition) is 0. The SMILES string of the molecule is COCCC1COC(C)O1. The zero-order valence-corrected chi connectivity index (χ0v) is 6.50. The molecule has 1 fully saturated rings. The van der Waals surface area contributed by atoms with Gasteiger partial charge in [-0.2, -0.15) is 0 Å². The van der Waals surface area contributed by atoms with Crippen LogP contribution in [-0.4, -0.2) is 32.7 Å². The molecule has 2 atom stereocenters. The van der Waals surface area contributed by atoms with Gasteiger partial charge in [0.25, 0.3) is 0 Å². The molecule has 1 aliphatic heterocycles. The Labute approximate surface area is 61.3 Å². The van der Waals surface area contributed by atoms with Crippen molar-refractivity contribution in [1.82, 2.24) is 0 Å². The minimum atomic E-state index is -0.0261. The van der Waals surface area contributed by atoms with Gasteiger partial charge < -0.3 is 14.2 Å². The van der Waals surface area contributed by atoms with Crippen LogP contribution in [0.25, 0.3) is 0 Å². The van der Waals surface area contributed by atoms with E-state index >= 15 is 0 Å². The Morgan fingerprint density at radius 3 is 2.90 bits per heavy atom. The standard InChI is InChI=1S/C7H14O3/c1-6-9-5-7(10-6)3-4-8-2/h6-7H,3-5H2,1-2H3. The molecule has 0 amide bonds. The largest absolute Gasteiger partial charge is 0.385 e. The van der Waals surface area contributed by atoms with Gasteiger partial charge in [0.1, 0.15) is 0 Å². The van der Waals surface area contributed by atoms with E-state index in [2.05, 4.69) is 0 Å². The molecule has 3 heteroatoms. The maximum atomic E-state index is 5.36. The van der Waals surface area contributed by atoms with Crippen LogP contribution < -0.4 is 0 Å². The lowest BCUT2D eigenvalue weighted by molar-refractivity contribution is -0.0459. The van der Waals surface area contributed by atoms with Crippen molar-refractivity contribution in [2.45, 2.75) is 25.7 Å². The van der Waals surface area contributed by atoms with E-state index in [-0.39, 0.29) is 12.4 Å². The van der Waals surface area contributed by atoms with Crippen LogP contribution in [0.3, 0.4) is 0 Å². The molecule has 0 aromatic heterocycles. The van der Waals surface area contributed by atoms with Gasteiger partial charge in [-0.3, -0.25) is 0 Å². The van der Waals surface area contributed by atoms with Crippen LogP contribution in [0.4, 0.5) is 0 Å². The summed E-state index contributed by atoms with van der Waals surface area (Å²) in [7, 11) is 1.69. The minimum absolute atomic E-state index is 0.0261. The van der Waals surface area contributed by atoms with Gasteiger partial charge in [-0.05, 0) is 13.3 Å². The molecule has 1 saturated heterocycles. The first-order valence-electron chi connectivity index (χ1n) is 3.59.